The molecule has 2 rings (SSSR count). The van der Waals surface area contributed by atoms with E-state index in [1.165, 1.54) is 18.7 Å². The number of nitrogens with zero attached hydrogens (tertiary/aromatic N) is 2. The Morgan fingerprint density at radius 1 is 1.22 bits per heavy atom. The van der Waals surface area contributed by atoms with Crippen LogP contribution in [0.2, 0.25) is 0 Å². The summed E-state index contributed by atoms with van der Waals surface area (Å²) in [5.41, 5.74) is 1.99. The topological polar surface area (TPSA) is 23.6 Å². The fourth-order valence-corrected chi connectivity index (χ4v) is 2.47. The van der Waals surface area contributed by atoms with E-state index in [4.69, 9.17) is 0 Å². The maximum Gasteiger partial charge on any atom is 0.159 e. The highest BCUT2D eigenvalue weighted by Gasteiger charge is 2.16. The van der Waals surface area contributed by atoms with Crippen molar-refractivity contribution in [3.63, 3.8) is 0 Å². The van der Waals surface area contributed by atoms with Crippen LogP contribution in [0.4, 0.5) is 5.69 Å². The van der Waals surface area contributed by atoms with E-state index in [0.717, 1.165) is 31.7 Å². The van der Waals surface area contributed by atoms with Gasteiger partial charge in [0.2, 0.25) is 0 Å². The predicted molar refractivity (Wildman–Crippen MR) is 75.4 cm³/mol. The first kappa shape index (κ1) is 13.1. The Morgan fingerprint density at radius 2 is 1.94 bits per heavy atom. The van der Waals surface area contributed by atoms with E-state index >= 15 is 0 Å². The number of carbonyl (C=O) groups excluding carboxylic acids is 1. The van der Waals surface area contributed by atoms with Gasteiger partial charge in [-0.15, -0.1) is 0 Å². The Bertz CT molecular complexity index is 409. The van der Waals surface area contributed by atoms with Crippen molar-refractivity contribution in [1.29, 1.82) is 0 Å². The maximum absolute atomic E-state index is 11.4. The number of hydrogen-bond acceptors (Lipinski definition) is 3. The highest BCUT2D eigenvalue weighted by Crippen LogP contribution is 2.18. The van der Waals surface area contributed by atoms with E-state index in [2.05, 4.69) is 22.8 Å². The lowest BCUT2D eigenvalue weighted by Crippen LogP contribution is -2.46. The molecule has 1 heterocycles. The number of Topliss-reactive ketones (excluding diaryl/α,β-unsaturated/α-hetero) is 1. The maximum atomic E-state index is 11.4. The van der Waals surface area contributed by atoms with Gasteiger partial charge < -0.3 is 4.90 Å². The van der Waals surface area contributed by atoms with Gasteiger partial charge in [0.1, 0.15) is 0 Å². The lowest BCUT2D eigenvalue weighted by molar-refractivity contribution is 0.101. The minimum absolute atomic E-state index is 0.140. The molecule has 1 aromatic rings. The van der Waals surface area contributed by atoms with Gasteiger partial charge in [-0.05, 0) is 32.0 Å². The molecule has 3 nitrogen and oxygen atoms in total. The molecule has 0 aliphatic carbocycles. The first-order valence-corrected chi connectivity index (χ1v) is 6.79. The minimum atomic E-state index is 0.140. The quantitative estimate of drug-likeness (QED) is 0.762. The van der Waals surface area contributed by atoms with Crippen molar-refractivity contribution in [2.45, 2.75) is 20.3 Å². The highest BCUT2D eigenvalue weighted by atomic mass is 16.1. The second kappa shape index (κ2) is 6.01. The van der Waals surface area contributed by atoms with E-state index < -0.39 is 0 Å². The first-order chi connectivity index (χ1) is 8.70. The predicted octanol–water partition coefficient (Wildman–Crippen LogP) is 2.42. The van der Waals surface area contributed by atoms with Gasteiger partial charge in [0.15, 0.2) is 5.78 Å². The number of piperazine rings is 1. The zero-order valence-electron chi connectivity index (χ0n) is 11.4. The normalized spacial score (nSPS) is 16.9. The third kappa shape index (κ3) is 3.10. The summed E-state index contributed by atoms with van der Waals surface area (Å²) in [5.74, 6) is 0.140. The van der Waals surface area contributed by atoms with Crippen LogP contribution in [0, 0.1) is 0 Å². The number of ketones is 1. The fraction of sp³-hybridized carbons (Fsp3) is 0.533. The number of anilines is 1. The Labute approximate surface area is 109 Å². The summed E-state index contributed by atoms with van der Waals surface area (Å²) >= 11 is 0. The Hall–Kier alpha value is -1.35. The summed E-state index contributed by atoms with van der Waals surface area (Å²) in [6.07, 6.45) is 1.22. The summed E-state index contributed by atoms with van der Waals surface area (Å²) in [5, 5.41) is 0. The fourth-order valence-electron chi connectivity index (χ4n) is 2.47. The van der Waals surface area contributed by atoms with Crippen molar-refractivity contribution in [1.82, 2.24) is 4.90 Å². The van der Waals surface area contributed by atoms with Crippen molar-refractivity contribution < 1.29 is 4.79 Å². The van der Waals surface area contributed by atoms with Gasteiger partial charge in [-0.2, -0.15) is 0 Å². The number of hydrogen-bond donors (Lipinski definition) is 0. The SMILES string of the molecule is CCCN1CCN(c2cccc(C(C)=O)c2)CC1. The van der Waals surface area contributed by atoms with Gasteiger partial charge in [-0.1, -0.05) is 19.1 Å². The summed E-state index contributed by atoms with van der Waals surface area (Å²) < 4.78 is 0. The largest absolute Gasteiger partial charge is 0.369 e. The molecule has 0 N–H and O–H groups in total. The van der Waals surface area contributed by atoms with Crippen LogP contribution in [0.15, 0.2) is 24.3 Å². The van der Waals surface area contributed by atoms with Gasteiger partial charge in [0.25, 0.3) is 0 Å². The van der Waals surface area contributed by atoms with Crippen molar-refractivity contribution in [2.75, 3.05) is 37.6 Å². The first-order valence-electron chi connectivity index (χ1n) is 6.79. The molecule has 1 aliphatic heterocycles. The number of benzene rings is 1. The molecule has 1 fully saturated rings. The molecular weight excluding hydrogens is 224 g/mol. The lowest BCUT2D eigenvalue weighted by atomic mass is 10.1. The second-order valence-electron chi connectivity index (χ2n) is 4.94. The molecule has 0 amide bonds. The molecule has 1 saturated heterocycles. The summed E-state index contributed by atoms with van der Waals surface area (Å²) in [7, 11) is 0. The smallest absolute Gasteiger partial charge is 0.159 e. The summed E-state index contributed by atoms with van der Waals surface area (Å²) in [4.78, 5) is 16.3. The van der Waals surface area contributed by atoms with Crippen LogP contribution in [-0.2, 0) is 0 Å². The van der Waals surface area contributed by atoms with Gasteiger partial charge in [-0.3, -0.25) is 9.69 Å². The van der Waals surface area contributed by atoms with E-state index in [-0.39, 0.29) is 5.78 Å². The molecular formula is C15H22N2O. The third-order valence-electron chi connectivity index (χ3n) is 3.53. The van der Waals surface area contributed by atoms with Gasteiger partial charge in [0, 0.05) is 37.4 Å². The van der Waals surface area contributed by atoms with Crippen LogP contribution < -0.4 is 4.90 Å². The van der Waals surface area contributed by atoms with Crippen LogP contribution in [0.1, 0.15) is 30.6 Å². The van der Waals surface area contributed by atoms with Crippen LogP contribution >= 0.6 is 0 Å². The molecule has 0 aromatic heterocycles. The Balaban J connectivity index is 2.01. The van der Waals surface area contributed by atoms with Crippen molar-refractivity contribution in [3.05, 3.63) is 29.8 Å². The molecule has 0 unspecified atom stereocenters. The highest BCUT2D eigenvalue weighted by molar-refractivity contribution is 5.94. The Kier molecular flexibility index (Phi) is 4.37. The molecule has 18 heavy (non-hydrogen) atoms. The molecule has 0 spiro atoms. The standard InChI is InChI=1S/C15H22N2O/c1-3-7-16-8-10-17(11-9-16)15-6-4-5-14(12-15)13(2)18/h4-6,12H,3,7-11H2,1-2H3. The minimum Gasteiger partial charge on any atom is -0.369 e. The van der Waals surface area contributed by atoms with Crippen molar-refractivity contribution in [3.8, 4) is 0 Å². The average molecular weight is 246 g/mol. The molecule has 1 aliphatic rings. The molecule has 0 radical (unpaired) electrons. The van der Waals surface area contributed by atoms with Crippen molar-refractivity contribution >= 4 is 11.5 Å². The van der Waals surface area contributed by atoms with Crippen LogP contribution in [-0.4, -0.2) is 43.4 Å². The van der Waals surface area contributed by atoms with E-state index in [1.807, 2.05) is 18.2 Å². The average Bonchev–Trinajstić information content (AvgIpc) is 2.40. The molecule has 98 valence electrons. The zero-order valence-corrected chi connectivity index (χ0v) is 11.4. The second-order valence-corrected chi connectivity index (χ2v) is 4.94. The number of rotatable bonds is 4. The number of carbonyl (C=O) groups is 1. The third-order valence-corrected chi connectivity index (χ3v) is 3.53. The van der Waals surface area contributed by atoms with Crippen LogP contribution in [0.5, 0.6) is 0 Å². The molecule has 0 atom stereocenters. The Morgan fingerprint density at radius 3 is 2.56 bits per heavy atom. The zero-order chi connectivity index (χ0) is 13.0. The van der Waals surface area contributed by atoms with Crippen molar-refractivity contribution in [2.24, 2.45) is 0 Å². The summed E-state index contributed by atoms with van der Waals surface area (Å²) in [6, 6.07) is 7.98. The molecule has 3 heteroatoms. The lowest BCUT2D eigenvalue weighted by Gasteiger charge is -2.36. The van der Waals surface area contributed by atoms with E-state index in [1.54, 1.807) is 6.92 Å². The van der Waals surface area contributed by atoms with E-state index in [9.17, 15) is 4.79 Å². The summed E-state index contributed by atoms with van der Waals surface area (Å²) in [6.45, 7) is 9.40. The van der Waals surface area contributed by atoms with E-state index in [0.29, 0.717) is 0 Å². The van der Waals surface area contributed by atoms with Gasteiger partial charge in [0.05, 0.1) is 0 Å². The van der Waals surface area contributed by atoms with Crippen LogP contribution in [0.25, 0.3) is 0 Å². The molecule has 1 aromatic carbocycles. The van der Waals surface area contributed by atoms with Crippen LogP contribution in [0.3, 0.4) is 0 Å². The van der Waals surface area contributed by atoms with Gasteiger partial charge in [-0.25, -0.2) is 0 Å². The van der Waals surface area contributed by atoms with Gasteiger partial charge >= 0.3 is 0 Å². The molecule has 0 bridgehead atoms. The monoisotopic (exact) mass is 246 g/mol. The molecule has 0 saturated carbocycles.